The molecule has 1 heterocycles. The maximum absolute atomic E-state index is 5.29. The second-order valence-electron chi connectivity index (χ2n) is 4.29. The second kappa shape index (κ2) is 5.46. The molecule has 4 nitrogen and oxygen atoms in total. The smallest absolute Gasteiger partial charge is 0.237 e. The van der Waals surface area contributed by atoms with Crippen LogP contribution in [0.25, 0.3) is 10.6 Å². The fraction of sp³-hybridized carbons (Fsp3) is 0.385. The summed E-state index contributed by atoms with van der Waals surface area (Å²) in [4.78, 5) is 6.38. The van der Waals surface area contributed by atoms with E-state index in [2.05, 4.69) is 33.6 Å². The van der Waals surface area contributed by atoms with Gasteiger partial charge in [-0.25, -0.2) is 0 Å². The van der Waals surface area contributed by atoms with Crippen LogP contribution in [0.4, 0.5) is 5.95 Å². The van der Waals surface area contributed by atoms with E-state index in [0.29, 0.717) is 0 Å². The maximum atomic E-state index is 5.29. The minimum absolute atomic E-state index is 0.116. The first-order valence-corrected chi connectivity index (χ1v) is 6.53. The van der Waals surface area contributed by atoms with Crippen LogP contribution < -0.4 is 4.90 Å². The van der Waals surface area contributed by atoms with E-state index in [-0.39, 0.29) is 6.10 Å². The van der Waals surface area contributed by atoms with Crippen molar-refractivity contribution in [3.63, 3.8) is 0 Å². The van der Waals surface area contributed by atoms with Crippen LogP contribution in [0.3, 0.4) is 0 Å². The van der Waals surface area contributed by atoms with Crippen LogP contribution >= 0.6 is 11.5 Å². The molecule has 0 aliphatic rings. The van der Waals surface area contributed by atoms with E-state index >= 15 is 0 Å². The summed E-state index contributed by atoms with van der Waals surface area (Å²) >= 11 is 1.42. The Bertz CT molecular complexity index is 507. The highest BCUT2D eigenvalue weighted by Crippen LogP contribution is 2.26. The molecule has 0 radical (unpaired) electrons. The number of benzene rings is 1. The lowest BCUT2D eigenvalue weighted by Gasteiger charge is -2.09. The zero-order valence-corrected chi connectivity index (χ0v) is 11.9. The fourth-order valence-corrected chi connectivity index (χ4v) is 2.28. The molecule has 0 N–H and O–H groups in total. The fourth-order valence-electron chi connectivity index (χ4n) is 1.55. The molecule has 1 atom stereocenters. The van der Waals surface area contributed by atoms with Crippen LogP contribution in [-0.2, 0) is 4.74 Å². The van der Waals surface area contributed by atoms with Crippen molar-refractivity contribution in [2.75, 3.05) is 26.1 Å². The van der Waals surface area contributed by atoms with E-state index in [1.807, 2.05) is 25.9 Å². The number of hydrogen-bond donors (Lipinski definition) is 0. The molecule has 0 aliphatic heterocycles. The van der Waals surface area contributed by atoms with Crippen molar-refractivity contribution in [2.24, 2.45) is 0 Å². The lowest BCUT2D eigenvalue weighted by atomic mass is 10.1. The molecule has 2 aromatic rings. The Morgan fingerprint density at radius 3 is 2.39 bits per heavy atom. The van der Waals surface area contributed by atoms with Crippen LogP contribution in [0.1, 0.15) is 18.6 Å². The molecule has 18 heavy (non-hydrogen) atoms. The molecule has 0 saturated carbocycles. The first-order chi connectivity index (χ1) is 8.61. The summed E-state index contributed by atoms with van der Waals surface area (Å²) in [6.07, 6.45) is 0.116. The van der Waals surface area contributed by atoms with Crippen molar-refractivity contribution in [2.45, 2.75) is 13.0 Å². The van der Waals surface area contributed by atoms with Gasteiger partial charge in [0.25, 0.3) is 0 Å². The molecular formula is C13H17N3OS. The summed E-state index contributed by atoms with van der Waals surface area (Å²) in [5.41, 5.74) is 2.26. The van der Waals surface area contributed by atoms with Gasteiger partial charge >= 0.3 is 0 Å². The Morgan fingerprint density at radius 2 is 1.89 bits per heavy atom. The van der Waals surface area contributed by atoms with Crippen LogP contribution in [0.2, 0.25) is 0 Å². The Balaban J connectivity index is 2.23. The monoisotopic (exact) mass is 263 g/mol. The Morgan fingerprint density at radius 1 is 1.22 bits per heavy atom. The van der Waals surface area contributed by atoms with E-state index in [1.165, 1.54) is 17.1 Å². The summed E-state index contributed by atoms with van der Waals surface area (Å²) in [5, 5.41) is 0.940. The van der Waals surface area contributed by atoms with Crippen molar-refractivity contribution < 1.29 is 4.74 Å². The van der Waals surface area contributed by atoms with Gasteiger partial charge in [-0.3, -0.25) is 0 Å². The SMILES string of the molecule is CO[C@H](C)c1ccc(-c2nc(N(C)C)ns2)cc1. The second-order valence-corrected chi connectivity index (χ2v) is 5.05. The summed E-state index contributed by atoms with van der Waals surface area (Å²) < 4.78 is 9.58. The summed E-state index contributed by atoms with van der Waals surface area (Å²) in [5.74, 6) is 0.754. The highest BCUT2D eigenvalue weighted by molar-refractivity contribution is 7.09. The molecule has 0 bridgehead atoms. The molecule has 1 aromatic heterocycles. The zero-order valence-electron chi connectivity index (χ0n) is 11.0. The van der Waals surface area contributed by atoms with Crippen molar-refractivity contribution in [3.05, 3.63) is 29.8 Å². The van der Waals surface area contributed by atoms with E-state index in [4.69, 9.17) is 4.74 Å². The predicted molar refractivity (Wildman–Crippen MR) is 75.1 cm³/mol. The lowest BCUT2D eigenvalue weighted by molar-refractivity contribution is 0.119. The van der Waals surface area contributed by atoms with Gasteiger partial charge in [-0.05, 0) is 24.0 Å². The Labute approximate surface area is 111 Å². The Kier molecular flexibility index (Phi) is 3.93. The molecule has 0 saturated heterocycles. The van der Waals surface area contributed by atoms with Crippen molar-refractivity contribution in [1.82, 2.24) is 9.36 Å². The van der Waals surface area contributed by atoms with E-state index in [1.54, 1.807) is 7.11 Å². The molecule has 0 amide bonds. The van der Waals surface area contributed by atoms with Crippen LogP contribution in [0.5, 0.6) is 0 Å². The van der Waals surface area contributed by atoms with Crippen molar-refractivity contribution >= 4 is 17.5 Å². The minimum atomic E-state index is 0.116. The predicted octanol–water partition coefficient (Wildman–Crippen LogP) is 2.98. The number of hydrogen-bond acceptors (Lipinski definition) is 5. The highest BCUT2D eigenvalue weighted by atomic mass is 32.1. The van der Waals surface area contributed by atoms with Gasteiger partial charge in [-0.2, -0.15) is 9.36 Å². The van der Waals surface area contributed by atoms with Crippen LogP contribution in [0.15, 0.2) is 24.3 Å². The molecule has 0 aliphatic carbocycles. The van der Waals surface area contributed by atoms with Crippen LogP contribution in [-0.4, -0.2) is 30.6 Å². The third-order valence-corrected chi connectivity index (χ3v) is 3.55. The van der Waals surface area contributed by atoms with E-state index < -0.39 is 0 Å². The van der Waals surface area contributed by atoms with Crippen LogP contribution in [0, 0.1) is 0 Å². The normalized spacial score (nSPS) is 12.4. The molecule has 5 heteroatoms. The number of nitrogens with zero attached hydrogens (tertiary/aromatic N) is 3. The molecule has 0 spiro atoms. The summed E-state index contributed by atoms with van der Waals surface area (Å²) in [6.45, 7) is 2.03. The third-order valence-electron chi connectivity index (χ3n) is 2.80. The van der Waals surface area contributed by atoms with E-state index in [0.717, 1.165) is 16.5 Å². The lowest BCUT2D eigenvalue weighted by Crippen LogP contribution is -2.09. The maximum Gasteiger partial charge on any atom is 0.237 e. The summed E-state index contributed by atoms with van der Waals surface area (Å²) in [7, 11) is 5.59. The number of rotatable bonds is 4. The topological polar surface area (TPSA) is 38.2 Å². The summed E-state index contributed by atoms with van der Waals surface area (Å²) in [6, 6.07) is 8.26. The largest absolute Gasteiger partial charge is 0.377 e. The quantitative estimate of drug-likeness (QED) is 0.850. The first-order valence-electron chi connectivity index (χ1n) is 5.76. The van der Waals surface area contributed by atoms with Gasteiger partial charge in [0.2, 0.25) is 5.95 Å². The van der Waals surface area contributed by atoms with Gasteiger partial charge in [0.15, 0.2) is 0 Å². The number of aromatic nitrogens is 2. The van der Waals surface area contributed by atoms with Gasteiger partial charge in [-0.1, -0.05) is 24.3 Å². The van der Waals surface area contributed by atoms with Crippen molar-refractivity contribution in [1.29, 1.82) is 0 Å². The van der Waals surface area contributed by atoms with Gasteiger partial charge < -0.3 is 9.64 Å². The third kappa shape index (κ3) is 2.68. The van der Waals surface area contributed by atoms with Gasteiger partial charge in [0, 0.05) is 26.8 Å². The molecule has 0 unspecified atom stereocenters. The molecule has 96 valence electrons. The molecule has 1 aromatic carbocycles. The highest BCUT2D eigenvalue weighted by Gasteiger charge is 2.09. The average Bonchev–Trinajstić information content (AvgIpc) is 2.88. The van der Waals surface area contributed by atoms with Gasteiger partial charge in [0.05, 0.1) is 6.10 Å². The average molecular weight is 263 g/mol. The number of methoxy groups -OCH3 is 1. The standard InChI is InChI=1S/C13H17N3OS/c1-9(17-4)10-5-7-11(8-6-10)12-14-13(15-18-12)16(2)3/h5-9H,1-4H3/t9-/m1/s1. The Hall–Kier alpha value is -1.46. The van der Waals surface area contributed by atoms with Crippen molar-refractivity contribution in [3.8, 4) is 10.6 Å². The molecular weight excluding hydrogens is 246 g/mol. The van der Waals surface area contributed by atoms with E-state index in [9.17, 15) is 0 Å². The molecule has 0 fully saturated rings. The number of ether oxygens (including phenoxy) is 1. The zero-order chi connectivity index (χ0) is 13.1. The molecule has 2 rings (SSSR count). The van der Waals surface area contributed by atoms with Gasteiger partial charge in [-0.15, -0.1) is 0 Å². The number of anilines is 1. The van der Waals surface area contributed by atoms with Gasteiger partial charge in [0.1, 0.15) is 5.01 Å². The first kappa shape index (κ1) is 13.0. The minimum Gasteiger partial charge on any atom is -0.377 e.